The molecule has 0 saturated carbocycles. The van der Waals surface area contributed by atoms with Gasteiger partial charge in [0.1, 0.15) is 5.75 Å². The molecule has 1 aromatic carbocycles. The molecule has 1 aliphatic heterocycles. The van der Waals surface area contributed by atoms with Gasteiger partial charge < -0.3 is 19.7 Å². The minimum Gasteiger partial charge on any atom is -0.495 e. The van der Waals surface area contributed by atoms with Crippen molar-refractivity contribution in [3.05, 3.63) is 35.5 Å². The van der Waals surface area contributed by atoms with Crippen LogP contribution >= 0.6 is 0 Å². The number of nitrogens with one attached hydrogen (secondary N) is 1. The lowest BCUT2D eigenvalue weighted by Crippen LogP contribution is -2.42. The van der Waals surface area contributed by atoms with E-state index in [2.05, 4.69) is 27.4 Å². The van der Waals surface area contributed by atoms with Crippen LogP contribution in [0.3, 0.4) is 0 Å². The van der Waals surface area contributed by atoms with Crippen molar-refractivity contribution in [3.8, 4) is 11.6 Å². The first kappa shape index (κ1) is 17.6. The number of methoxy groups -OCH3 is 2. The van der Waals surface area contributed by atoms with Crippen LogP contribution < -0.4 is 19.7 Å². The molecule has 1 N–H and O–H groups in total. The Kier molecular flexibility index (Phi) is 5.48. The molecule has 0 atom stereocenters. The van der Waals surface area contributed by atoms with Crippen LogP contribution in [-0.2, 0) is 13.6 Å². The molecule has 0 radical (unpaired) electrons. The van der Waals surface area contributed by atoms with Crippen LogP contribution in [0.4, 0.5) is 5.69 Å². The molecule has 0 aliphatic carbocycles. The molecule has 6 heteroatoms. The monoisotopic (exact) mass is 344 g/mol. The van der Waals surface area contributed by atoms with Crippen molar-refractivity contribution < 1.29 is 9.47 Å². The van der Waals surface area contributed by atoms with Crippen molar-refractivity contribution in [1.82, 2.24) is 15.1 Å². The Morgan fingerprint density at radius 2 is 1.88 bits per heavy atom. The largest absolute Gasteiger partial charge is 0.495 e. The maximum atomic E-state index is 5.49. The van der Waals surface area contributed by atoms with Crippen LogP contribution in [0.25, 0.3) is 0 Å². The van der Waals surface area contributed by atoms with Gasteiger partial charge in [0.05, 0.1) is 31.2 Å². The molecule has 0 bridgehead atoms. The summed E-state index contributed by atoms with van der Waals surface area (Å²) in [5.41, 5.74) is 3.36. The second-order valence-electron chi connectivity index (χ2n) is 6.51. The minimum absolute atomic E-state index is 0.510. The van der Waals surface area contributed by atoms with Gasteiger partial charge in [0, 0.05) is 32.7 Å². The van der Waals surface area contributed by atoms with Crippen LogP contribution in [0.15, 0.2) is 24.3 Å². The van der Waals surface area contributed by atoms with Gasteiger partial charge in [-0.3, -0.25) is 0 Å². The number of rotatable bonds is 6. The molecule has 25 heavy (non-hydrogen) atoms. The zero-order valence-electron chi connectivity index (χ0n) is 15.6. The van der Waals surface area contributed by atoms with E-state index < -0.39 is 0 Å². The molecular weight excluding hydrogens is 316 g/mol. The summed E-state index contributed by atoms with van der Waals surface area (Å²) >= 11 is 0. The Hall–Kier alpha value is -2.21. The van der Waals surface area contributed by atoms with E-state index in [9.17, 15) is 0 Å². The molecule has 1 aliphatic rings. The van der Waals surface area contributed by atoms with E-state index in [4.69, 9.17) is 9.47 Å². The van der Waals surface area contributed by atoms with Gasteiger partial charge in [-0.1, -0.05) is 12.1 Å². The van der Waals surface area contributed by atoms with Gasteiger partial charge in [-0.2, -0.15) is 5.10 Å². The van der Waals surface area contributed by atoms with Gasteiger partial charge in [0.15, 0.2) is 0 Å². The number of para-hydroxylation sites is 2. The molecule has 0 amide bonds. The number of hydrogen-bond acceptors (Lipinski definition) is 5. The second-order valence-corrected chi connectivity index (χ2v) is 6.51. The van der Waals surface area contributed by atoms with Gasteiger partial charge in [-0.25, -0.2) is 4.68 Å². The molecule has 0 unspecified atom stereocenters. The third-order valence-electron chi connectivity index (χ3n) is 4.97. The zero-order chi connectivity index (χ0) is 17.8. The highest BCUT2D eigenvalue weighted by molar-refractivity contribution is 5.58. The third-order valence-corrected chi connectivity index (χ3v) is 4.97. The van der Waals surface area contributed by atoms with Crippen molar-refractivity contribution in [2.45, 2.75) is 32.4 Å². The van der Waals surface area contributed by atoms with E-state index in [1.807, 2.05) is 26.1 Å². The van der Waals surface area contributed by atoms with E-state index >= 15 is 0 Å². The van der Waals surface area contributed by atoms with Crippen molar-refractivity contribution in [2.75, 3.05) is 32.2 Å². The number of nitrogens with zero attached hydrogens (tertiary/aromatic N) is 3. The van der Waals surface area contributed by atoms with Crippen molar-refractivity contribution in [2.24, 2.45) is 7.05 Å². The molecule has 1 saturated heterocycles. The Morgan fingerprint density at radius 3 is 2.56 bits per heavy atom. The standard InChI is InChI=1S/C19H28N4O2/c1-14-16(19(25-4)22(2)21-14)13-20-15-9-11-23(12-10-15)17-7-5-6-8-18(17)24-3/h5-8,15,20H,9-13H2,1-4H3. The van der Waals surface area contributed by atoms with Crippen molar-refractivity contribution in [3.63, 3.8) is 0 Å². The summed E-state index contributed by atoms with van der Waals surface area (Å²) in [4.78, 5) is 2.41. The van der Waals surface area contributed by atoms with E-state index in [1.165, 1.54) is 5.69 Å². The average Bonchev–Trinajstić information content (AvgIpc) is 2.92. The van der Waals surface area contributed by atoms with E-state index in [0.29, 0.717) is 6.04 Å². The maximum Gasteiger partial charge on any atom is 0.216 e. The lowest BCUT2D eigenvalue weighted by Gasteiger charge is -2.34. The highest BCUT2D eigenvalue weighted by Crippen LogP contribution is 2.30. The van der Waals surface area contributed by atoms with Gasteiger partial charge >= 0.3 is 0 Å². The molecule has 1 aromatic heterocycles. The van der Waals surface area contributed by atoms with Crippen LogP contribution in [0, 0.1) is 6.92 Å². The summed E-state index contributed by atoms with van der Waals surface area (Å²) < 4.78 is 12.8. The second kappa shape index (κ2) is 7.78. The lowest BCUT2D eigenvalue weighted by molar-refractivity contribution is 0.362. The minimum atomic E-state index is 0.510. The normalized spacial score (nSPS) is 15.4. The quantitative estimate of drug-likeness (QED) is 0.873. The summed E-state index contributed by atoms with van der Waals surface area (Å²) in [5, 5.41) is 8.12. The fourth-order valence-electron chi connectivity index (χ4n) is 3.60. The Morgan fingerprint density at radius 1 is 1.16 bits per heavy atom. The van der Waals surface area contributed by atoms with Gasteiger partial charge in [0.25, 0.3) is 0 Å². The van der Waals surface area contributed by atoms with Gasteiger partial charge in [0.2, 0.25) is 5.88 Å². The number of ether oxygens (including phenoxy) is 2. The number of benzene rings is 1. The first-order valence-electron chi connectivity index (χ1n) is 8.81. The highest BCUT2D eigenvalue weighted by Gasteiger charge is 2.22. The number of hydrogen-bond donors (Lipinski definition) is 1. The molecule has 3 rings (SSSR count). The predicted molar refractivity (Wildman–Crippen MR) is 99.6 cm³/mol. The van der Waals surface area contributed by atoms with E-state index in [0.717, 1.165) is 55.4 Å². The summed E-state index contributed by atoms with van der Waals surface area (Å²) in [5.74, 6) is 1.79. The first-order valence-corrected chi connectivity index (χ1v) is 8.81. The molecule has 136 valence electrons. The average molecular weight is 344 g/mol. The first-order chi connectivity index (χ1) is 12.1. The molecule has 2 aromatic rings. The maximum absolute atomic E-state index is 5.49. The van der Waals surface area contributed by atoms with Crippen LogP contribution in [-0.4, -0.2) is 43.1 Å². The summed E-state index contributed by atoms with van der Waals surface area (Å²) in [7, 11) is 5.35. The van der Waals surface area contributed by atoms with E-state index in [1.54, 1.807) is 18.9 Å². The molecule has 1 fully saturated rings. The van der Waals surface area contributed by atoms with Crippen molar-refractivity contribution >= 4 is 5.69 Å². The summed E-state index contributed by atoms with van der Waals surface area (Å²) in [6, 6.07) is 8.75. The fraction of sp³-hybridized carbons (Fsp3) is 0.526. The van der Waals surface area contributed by atoms with Gasteiger partial charge in [-0.15, -0.1) is 0 Å². The number of piperidine rings is 1. The smallest absolute Gasteiger partial charge is 0.216 e. The fourth-order valence-corrected chi connectivity index (χ4v) is 3.60. The SMILES string of the molecule is COc1ccccc1N1CCC(NCc2c(C)nn(C)c2OC)CC1. The third kappa shape index (κ3) is 3.74. The van der Waals surface area contributed by atoms with Crippen LogP contribution in [0.2, 0.25) is 0 Å². The molecule has 0 spiro atoms. The topological polar surface area (TPSA) is 51.5 Å². The number of aryl methyl sites for hydroxylation is 2. The lowest BCUT2D eigenvalue weighted by atomic mass is 10.0. The number of aromatic nitrogens is 2. The zero-order valence-corrected chi connectivity index (χ0v) is 15.6. The summed E-state index contributed by atoms with van der Waals surface area (Å²) in [6.45, 7) is 4.88. The van der Waals surface area contributed by atoms with Gasteiger partial charge in [-0.05, 0) is 31.9 Å². The highest BCUT2D eigenvalue weighted by atomic mass is 16.5. The van der Waals surface area contributed by atoms with E-state index in [-0.39, 0.29) is 0 Å². The van der Waals surface area contributed by atoms with Crippen LogP contribution in [0.5, 0.6) is 11.6 Å². The predicted octanol–water partition coefficient (Wildman–Crippen LogP) is 2.50. The molecule has 6 nitrogen and oxygen atoms in total. The molecule has 2 heterocycles. The van der Waals surface area contributed by atoms with Crippen molar-refractivity contribution in [1.29, 1.82) is 0 Å². The Labute approximate surface area is 149 Å². The Balaban J connectivity index is 1.57. The molecular formula is C19H28N4O2. The van der Waals surface area contributed by atoms with Crippen LogP contribution in [0.1, 0.15) is 24.1 Å². The summed E-state index contributed by atoms with van der Waals surface area (Å²) in [6.07, 6.45) is 2.22. The Bertz CT molecular complexity index is 705. The number of anilines is 1.